The first-order valence-electron chi connectivity index (χ1n) is 7.51. The van der Waals surface area contributed by atoms with E-state index < -0.39 is 45.6 Å². The smallest absolute Gasteiger partial charge is 0.267 e. The largest absolute Gasteiger partial charge is 0.280 e. The molecule has 0 radical (unpaired) electrons. The van der Waals surface area contributed by atoms with Crippen LogP contribution in [0.15, 0.2) is 34.9 Å². The number of rotatable bonds is 3. The highest BCUT2D eigenvalue weighted by atomic mass is 19.2. The van der Waals surface area contributed by atoms with Crippen molar-refractivity contribution < 1.29 is 31.7 Å². The number of non-ortho nitro benzene ring substituents is 1. The van der Waals surface area contributed by atoms with E-state index in [0.717, 1.165) is 12.1 Å². The quantitative estimate of drug-likeness (QED) is 0.195. The number of carbonyl (C=O) groups excluding carboxylic acids is 1. The summed E-state index contributed by atoms with van der Waals surface area (Å²) in [6.07, 6.45) is 1.15. The van der Waals surface area contributed by atoms with Crippen LogP contribution in [0.3, 0.4) is 0 Å². The second kappa shape index (κ2) is 6.83. The van der Waals surface area contributed by atoms with Crippen LogP contribution in [0.25, 0.3) is 6.08 Å². The van der Waals surface area contributed by atoms with Gasteiger partial charge in [-0.05, 0) is 18.6 Å². The Morgan fingerprint density at radius 2 is 1.61 bits per heavy atom. The van der Waals surface area contributed by atoms with Crippen molar-refractivity contribution in [2.45, 2.75) is 6.92 Å². The fourth-order valence-corrected chi connectivity index (χ4v) is 2.51. The molecule has 0 aliphatic carbocycles. The molecule has 1 heterocycles. The minimum atomic E-state index is -2.36. The number of hydrogen-bond acceptors (Lipinski definition) is 4. The first-order valence-corrected chi connectivity index (χ1v) is 7.51. The van der Waals surface area contributed by atoms with Gasteiger partial charge in [0.15, 0.2) is 23.3 Å². The Hall–Kier alpha value is -3.63. The molecule has 1 amide bonds. The number of nitro groups is 1. The van der Waals surface area contributed by atoms with Gasteiger partial charge in [-0.25, -0.2) is 22.0 Å². The number of carbonyl (C=O) groups is 1. The van der Waals surface area contributed by atoms with Gasteiger partial charge in [0.2, 0.25) is 5.82 Å². The SMILES string of the molecule is CC1=NN(c2c(F)c(F)c(F)c(F)c2F)C(=O)C1=Cc1cccc([N+](=O)[O-])c1. The zero-order valence-corrected chi connectivity index (χ0v) is 13.8. The minimum absolute atomic E-state index is 0.0643. The lowest BCUT2D eigenvalue weighted by Gasteiger charge is -2.15. The number of halogens is 5. The van der Waals surface area contributed by atoms with Crippen LogP contribution in [0.1, 0.15) is 12.5 Å². The fourth-order valence-electron chi connectivity index (χ4n) is 2.51. The molecule has 144 valence electrons. The molecule has 6 nitrogen and oxygen atoms in total. The first-order chi connectivity index (χ1) is 13.1. The highest BCUT2D eigenvalue weighted by Gasteiger charge is 2.37. The molecular weight excluding hydrogens is 389 g/mol. The molecule has 0 N–H and O–H groups in total. The highest BCUT2D eigenvalue weighted by molar-refractivity contribution is 6.32. The summed E-state index contributed by atoms with van der Waals surface area (Å²) in [6, 6.07) is 5.11. The van der Waals surface area contributed by atoms with Crippen molar-refractivity contribution in [3.05, 3.63) is 74.6 Å². The molecule has 28 heavy (non-hydrogen) atoms. The number of benzene rings is 2. The van der Waals surface area contributed by atoms with Crippen LogP contribution in [0, 0.1) is 39.2 Å². The molecule has 0 saturated heterocycles. The van der Waals surface area contributed by atoms with E-state index in [9.17, 15) is 36.9 Å². The van der Waals surface area contributed by atoms with E-state index in [-0.39, 0.29) is 27.5 Å². The van der Waals surface area contributed by atoms with E-state index in [1.54, 1.807) is 0 Å². The molecule has 0 bridgehead atoms. The average Bonchev–Trinajstić information content (AvgIpc) is 2.93. The number of anilines is 1. The summed E-state index contributed by atoms with van der Waals surface area (Å²) in [7, 11) is 0. The van der Waals surface area contributed by atoms with Crippen molar-refractivity contribution >= 4 is 29.1 Å². The fraction of sp³-hybridized carbons (Fsp3) is 0.0588. The van der Waals surface area contributed by atoms with Crippen molar-refractivity contribution in [1.82, 2.24) is 0 Å². The van der Waals surface area contributed by atoms with Gasteiger partial charge in [-0.1, -0.05) is 12.1 Å². The van der Waals surface area contributed by atoms with E-state index in [0.29, 0.717) is 0 Å². The van der Waals surface area contributed by atoms with Crippen molar-refractivity contribution in [1.29, 1.82) is 0 Å². The second-order valence-electron chi connectivity index (χ2n) is 5.63. The van der Waals surface area contributed by atoms with Gasteiger partial charge in [0.25, 0.3) is 11.6 Å². The molecule has 1 aliphatic heterocycles. The lowest BCUT2D eigenvalue weighted by atomic mass is 10.1. The Morgan fingerprint density at radius 1 is 1.04 bits per heavy atom. The van der Waals surface area contributed by atoms with Crippen LogP contribution in [0.5, 0.6) is 0 Å². The van der Waals surface area contributed by atoms with Crippen molar-refractivity contribution in [2.24, 2.45) is 5.10 Å². The van der Waals surface area contributed by atoms with E-state index in [2.05, 4.69) is 5.10 Å². The zero-order chi connectivity index (χ0) is 20.7. The number of nitro benzene ring substituents is 1. The lowest BCUT2D eigenvalue weighted by Crippen LogP contribution is -2.25. The van der Waals surface area contributed by atoms with Crippen molar-refractivity contribution in [2.75, 3.05) is 5.01 Å². The number of hydrogen-bond donors (Lipinski definition) is 0. The van der Waals surface area contributed by atoms with Gasteiger partial charge in [-0.2, -0.15) is 10.1 Å². The summed E-state index contributed by atoms with van der Waals surface area (Å²) in [5.41, 5.74) is -1.90. The maximum Gasteiger partial charge on any atom is 0.280 e. The molecule has 2 aromatic carbocycles. The Labute approximate surface area is 153 Å². The van der Waals surface area contributed by atoms with Gasteiger partial charge in [-0.3, -0.25) is 14.9 Å². The standard InChI is InChI=1S/C17H8F5N3O3/c1-7-10(6-8-3-2-4-9(5-8)25(27)28)17(26)24(23-7)16-14(21)12(19)11(18)13(20)15(16)22/h2-6H,1H3. The number of amides is 1. The summed E-state index contributed by atoms with van der Waals surface area (Å²) in [4.78, 5) is 22.6. The van der Waals surface area contributed by atoms with E-state index in [4.69, 9.17) is 0 Å². The van der Waals surface area contributed by atoms with Crippen LogP contribution < -0.4 is 5.01 Å². The Balaban J connectivity index is 2.08. The first kappa shape index (κ1) is 19.1. The molecule has 0 saturated carbocycles. The third-order valence-electron chi connectivity index (χ3n) is 3.85. The molecule has 0 aromatic heterocycles. The molecule has 0 spiro atoms. The topological polar surface area (TPSA) is 75.8 Å². The summed E-state index contributed by atoms with van der Waals surface area (Å²) in [5, 5.41) is 14.5. The third-order valence-corrected chi connectivity index (χ3v) is 3.85. The van der Waals surface area contributed by atoms with Crippen LogP contribution in [0.2, 0.25) is 0 Å². The van der Waals surface area contributed by atoms with Gasteiger partial charge < -0.3 is 0 Å². The van der Waals surface area contributed by atoms with Crippen molar-refractivity contribution in [3.8, 4) is 0 Å². The Kier molecular flexibility index (Phi) is 4.67. The monoisotopic (exact) mass is 397 g/mol. The van der Waals surface area contributed by atoms with Gasteiger partial charge in [-0.15, -0.1) is 0 Å². The molecule has 1 aliphatic rings. The zero-order valence-electron chi connectivity index (χ0n) is 13.8. The lowest BCUT2D eigenvalue weighted by molar-refractivity contribution is -0.384. The molecule has 2 aromatic rings. The molecule has 3 rings (SSSR count). The van der Waals surface area contributed by atoms with Gasteiger partial charge >= 0.3 is 0 Å². The minimum Gasteiger partial charge on any atom is -0.267 e. The summed E-state index contributed by atoms with van der Waals surface area (Å²) in [6.45, 7) is 1.27. The normalized spacial score (nSPS) is 15.4. The van der Waals surface area contributed by atoms with Crippen LogP contribution in [-0.4, -0.2) is 16.5 Å². The van der Waals surface area contributed by atoms with E-state index in [1.165, 1.54) is 25.1 Å². The van der Waals surface area contributed by atoms with Crippen molar-refractivity contribution in [3.63, 3.8) is 0 Å². The van der Waals surface area contributed by atoms with E-state index in [1.807, 2.05) is 0 Å². The van der Waals surface area contributed by atoms with Crippen LogP contribution in [-0.2, 0) is 4.79 Å². The van der Waals surface area contributed by atoms with Crippen LogP contribution in [0.4, 0.5) is 33.3 Å². The average molecular weight is 397 g/mol. The highest BCUT2D eigenvalue weighted by Crippen LogP contribution is 2.34. The second-order valence-corrected chi connectivity index (χ2v) is 5.63. The maximum atomic E-state index is 14.0. The van der Waals surface area contributed by atoms with Gasteiger partial charge in [0, 0.05) is 12.1 Å². The molecular formula is C17H8F5N3O3. The van der Waals surface area contributed by atoms with Gasteiger partial charge in [0.1, 0.15) is 5.69 Å². The van der Waals surface area contributed by atoms with Crippen LogP contribution >= 0.6 is 0 Å². The molecule has 0 fully saturated rings. The predicted molar refractivity (Wildman–Crippen MR) is 87.9 cm³/mol. The molecule has 0 unspecified atom stereocenters. The number of hydrazone groups is 1. The Morgan fingerprint density at radius 3 is 2.18 bits per heavy atom. The summed E-state index contributed by atoms with van der Waals surface area (Å²) in [5.74, 6) is -12.4. The Bertz CT molecular complexity index is 1070. The third kappa shape index (κ3) is 3.00. The molecule has 11 heteroatoms. The number of nitrogens with zero attached hydrogens (tertiary/aromatic N) is 3. The maximum absolute atomic E-state index is 14.0. The van der Waals surface area contributed by atoms with E-state index >= 15 is 0 Å². The van der Waals surface area contributed by atoms with Gasteiger partial charge in [0.05, 0.1) is 16.2 Å². The predicted octanol–water partition coefficient (Wildman–Crippen LogP) is 4.10. The summed E-state index contributed by atoms with van der Waals surface area (Å²) >= 11 is 0. The summed E-state index contributed by atoms with van der Waals surface area (Å²) < 4.78 is 68.0. The molecule has 0 atom stereocenters.